The summed E-state index contributed by atoms with van der Waals surface area (Å²) in [5, 5.41) is 15.5. The average Bonchev–Trinajstić information content (AvgIpc) is 3.35. The predicted octanol–water partition coefficient (Wildman–Crippen LogP) is 10.9. The van der Waals surface area contributed by atoms with Crippen LogP contribution in [0.4, 0.5) is 0 Å². The van der Waals surface area contributed by atoms with Crippen molar-refractivity contribution in [2.75, 3.05) is 0 Å². The molecule has 0 atom stereocenters. The number of fused-ring (bicyclic) bond motifs is 14. The van der Waals surface area contributed by atoms with Crippen LogP contribution in [0.15, 0.2) is 133 Å². The largest absolute Gasteiger partial charge is 0.135 e. The van der Waals surface area contributed by atoms with E-state index in [2.05, 4.69) is 133 Å². The molecule has 0 fully saturated rings. The van der Waals surface area contributed by atoms with E-state index in [-0.39, 0.29) is 0 Å². The zero-order valence-corrected chi connectivity index (χ0v) is 20.9. The molecule has 0 aliphatic heterocycles. The summed E-state index contributed by atoms with van der Waals surface area (Å²) >= 11 is 1.91. The van der Waals surface area contributed by atoms with Crippen molar-refractivity contribution in [2.24, 2.45) is 0 Å². The van der Waals surface area contributed by atoms with Crippen LogP contribution >= 0.6 is 11.3 Å². The van der Waals surface area contributed by atoms with Crippen LogP contribution in [0.5, 0.6) is 0 Å². The number of benzene rings is 6. The fourth-order valence-corrected chi connectivity index (χ4v) is 7.34. The van der Waals surface area contributed by atoms with Crippen molar-refractivity contribution < 1.29 is 0 Å². The highest BCUT2D eigenvalue weighted by Crippen LogP contribution is 2.43. The van der Waals surface area contributed by atoms with Crippen molar-refractivity contribution in [3.05, 3.63) is 133 Å². The molecule has 1 heteroatoms. The van der Waals surface area contributed by atoms with Gasteiger partial charge in [0.1, 0.15) is 0 Å². The molecule has 172 valence electrons. The predicted molar refractivity (Wildman–Crippen MR) is 164 cm³/mol. The molecule has 1 heterocycles. The van der Waals surface area contributed by atoms with Crippen LogP contribution in [-0.2, 0) is 0 Å². The molecule has 0 aliphatic carbocycles. The molecule has 1 aromatic heterocycles. The fourth-order valence-electron chi connectivity index (χ4n) is 6.08. The summed E-state index contributed by atoms with van der Waals surface area (Å²) < 4.78 is 2.69. The molecule has 0 saturated carbocycles. The third kappa shape index (κ3) is 3.02. The molecule has 7 aromatic carbocycles. The molecule has 0 aliphatic rings. The first kappa shape index (κ1) is 20.7. The van der Waals surface area contributed by atoms with Crippen LogP contribution in [0.25, 0.3) is 74.0 Å². The smallest absolute Gasteiger partial charge is 0.0440 e. The molecule has 0 bridgehead atoms. The van der Waals surface area contributed by atoms with Crippen LogP contribution in [0.1, 0.15) is 0 Å². The van der Waals surface area contributed by atoms with E-state index in [1.807, 2.05) is 11.3 Å². The van der Waals surface area contributed by atoms with Crippen molar-refractivity contribution in [2.45, 2.75) is 0 Å². The van der Waals surface area contributed by atoms with E-state index in [1.165, 1.54) is 74.0 Å². The number of hydrogen-bond donors (Lipinski definition) is 0. The topological polar surface area (TPSA) is 0 Å². The Balaban J connectivity index is 1.84. The fraction of sp³-hybridized carbons (Fsp3) is 0. The molecule has 0 nitrogen and oxygen atoms in total. The van der Waals surface area contributed by atoms with Crippen molar-refractivity contribution >= 4 is 85.4 Å². The SMILES string of the molecule is c1ccc2c(c1)sc1c2ccc2c3ccccc3c3ccccc3c3ccccc3c3ccccc3c21. The quantitative estimate of drug-likeness (QED) is 0.200. The summed E-state index contributed by atoms with van der Waals surface area (Å²) in [5.41, 5.74) is 0. The van der Waals surface area contributed by atoms with Gasteiger partial charge in [-0.1, -0.05) is 127 Å². The molecule has 0 radical (unpaired) electrons. The van der Waals surface area contributed by atoms with Crippen molar-refractivity contribution in [1.29, 1.82) is 0 Å². The summed E-state index contributed by atoms with van der Waals surface area (Å²) in [6, 6.07) is 49.1. The van der Waals surface area contributed by atoms with Gasteiger partial charge in [-0.25, -0.2) is 0 Å². The Morgan fingerprint density at radius 2 is 0.595 bits per heavy atom. The van der Waals surface area contributed by atoms with Gasteiger partial charge in [-0.05, 0) is 54.5 Å². The maximum absolute atomic E-state index is 2.35. The first-order valence-corrected chi connectivity index (χ1v) is 13.5. The Kier molecular flexibility index (Phi) is 4.49. The van der Waals surface area contributed by atoms with E-state index >= 15 is 0 Å². The lowest BCUT2D eigenvalue weighted by Gasteiger charge is -2.10. The van der Waals surface area contributed by atoms with Crippen LogP contribution in [0.2, 0.25) is 0 Å². The number of rotatable bonds is 0. The molecule has 0 unspecified atom stereocenters. The summed E-state index contributed by atoms with van der Waals surface area (Å²) in [6.45, 7) is 0. The van der Waals surface area contributed by atoms with Crippen LogP contribution in [0, 0.1) is 0 Å². The molecule has 0 saturated heterocycles. The molecular formula is C36H22S. The lowest BCUT2D eigenvalue weighted by molar-refractivity contribution is 1.78. The molecule has 0 amide bonds. The minimum absolute atomic E-state index is 1.27. The van der Waals surface area contributed by atoms with Crippen LogP contribution in [-0.4, -0.2) is 0 Å². The number of thiophene rings is 1. The maximum Gasteiger partial charge on any atom is 0.0440 e. The van der Waals surface area contributed by atoms with E-state index in [4.69, 9.17) is 0 Å². The third-order valence-corrected chi connectivity index (χ3v) is 8.89. The van der Waals surface area contributed by atoms with Gasteiger partial charge in [-0.2, -0.15) is 0 Å². The summed E-state index contributed by atoms with van der Waals surface area (Å²) in [5.74, 6) is 0. The molecule has 0 spiro atoms. The summed E-state index contributed by atoms with van der Waals surface area (Å²) in [7, 11) is 0. The second-order valence-electron chi connectivity index (χ2n) is 9.65. The minimum atomic E-state index is 1.27. The molecule has 37 heavy (non-hydrogen) atoms. The van der Waals surface area contributed by atoms with Crippen molar-refractivity contribution in [3.8, 4) is 0 Å². The standard InChI is InChI=1S/C36H22S/c1-2-13-25-23(11-1)24-12-3-4-14-26(24)28-16-7-8-19-31(28)35-32(29-17-6-5-15-27(25)29)21-22-33-30-18-9-10-20-34(30)37-36(33)35/h1-22H. The highest BCUT2D eigenvalue weighted by molar-refractivity contribution is 7.26. The normalized spacial score (nSPS) is 11.8. The van der Waals surface area contributed by atoms with Gasteiger partial charge < -0.3 is 0 Å². The molecular weight excluding hydrogens is 464 g/mol. The van der Waals surface area contributed by atoms with Gasteiger partial charge in [0.05, 0.1) is 0 Å². The second kappa shape index (κ2) is 8.03. The van der Waals surface area contributed by atoms with Gasteiger partial charge >= 0.3 is 0 Å². The highest BCUT2D eigenvalue weighted by Gasteiger charge is 2.13. The average molecular weight is 487 g/mol. The Morgan fingerprint density at radius 3 is 1.08 bits per heavy atom. The lowest BCUT2D eigenvalue weighted by atomic mass is 9.94. The van der Waals surface area contributed by atoms with Gasteiger partial charge in [0.2, 0.25) is 0 Å². The van der Waals surface area contributed by atoms with E-state index in [0.717, 1.165) is 0 Å². The first-order chi connectivity index (χ1) is 18.4. The van der Waals surface area contributed by atoms with E-state index in [0.29, 0.717) is 0 Å². The van der Waals surface area contributed by atoms with Crippen molar-refractivity contribution in [1.82, 2.24) is 0 Å². The van der Waals surface area contributed by atoms with E-state index < -0.39 is 0 Å². The van der Waals surface area contributed by atoms with Gasteiger partial charge in [0.15, 0.2) is 0 Å². The van der Waals surface area contributed by atoms with E-state index in [1.54, 1.807) is 0 Å². The van der Waals surface area contributed by atoms with Crippen LogP contribution < -0.4 is 0 Å². The zero-order chi connectivity index (χ0) is 24.3. The Morgan fingerprint density at radius 1 is 0.270 bits per heavy atom. The first-order valence-electron chi connectivity index (χ1n) is 12.7. The van der Waals surface area contributed by atoms with Gasteiger partial charge in [-0.15, -0.1) is 11.3 Å². The zero-order valence-electron chi connectivity index (χ0n) is 20.1. The monoisotopic (exact) mass is 486 g/mol. The van der Waals surface area contributed by atoms with Gasteiger partial charge in [-0.3, -0.25) is 0 Å². The molecule has 0 N–H and O–H groups in total. The van der Waals surface area contributed by atoms with Crippen molar-refractivity contribution in [3.63, 3.8) is 0 Å². The Labute approximate surface area is 218 Å². The van der Waals surface area contributed by atoms with Gasteiger partial charge in [0, 0.05) is 25.6 Å². The summed E-state index contributed by atoms with van der Waals surface area (Å²) in [4.78, 5) is 0. The molecule has 8 aromatic rings. The maximum atomic E-state index is 2.35. The van der Waals surface area contributed by atoms with E-state index in [9.17, 15) is 0 Å². The Bertz CT molecular complexity index is 2170. The van der Waals surface area contributed by atoms with Gasteiger partial charge in [0.25, 0.3) is 0 Å². The highest BCUT2D eigenvalue weighted by atomic mass is 32.1. The Hall–Kier alpha value is -4.46. The molecule has 8 rings (SSSR count). The minimum Gasteiger partial charge on any atom is -0.135 e. The van der Waals surface area contributed by atoms with Crippen LogP contribution in [0.3, 0.4) is 0 Å². The number of hydrogen-bond acceptors (Lipinski definition) is 1. The lowest BCUT2D eigenvalue weighted by Crippen LogP contribution is -1.82. The third-order valence-electron chi connectivity index (χ3n) is 7.69. The summed E-state index contributed by atoms with van der Waals surface area (Å²) in [6.07, 6.45) is 0. The second-order valence-corrected chi connectivity index (χ2v) is 10.7.